The number of para-hydroxylation sites is 1. The van der Waals surface area contributed by atoms with Gasteiger partial charge in [0.1, 0.15) is 12.2 Å². The molecule has 2 aromatic rings. The van der Waals surface area contributed by atoms with Crippen LogP contribution in [0, 0.1) is 6.92 Å². The molecule has 1 saturated heterocycles. The van der Waals surface area contributed by atoms with Crippen LogP contribution in [0.2, 0.25) is 0 Å². The lowest BCUT2D eigenvalue weighted by Gasteiger charge is -2.38. The number of rotatable bonds is 3. The Labute approximate surface area is 135 Å². The van der Waals surface area contributed by atoms with E-state index >= 15 is 0 Å². The number of nitrogens with zero attached hydrogens (tertiary/aromatic N) is 4. The maximum atomic E-state index is 12.6. The zero-order chi connectivity index (χ0) is 15.9. The Morgan fingerprint density at radius 1 is 1.22 bits per heavy atom. The average Bonchev–Trinajstić information content (AvgIpc) is 3.10. The Morgan fingerprint density at radius 2 is 2.00 bits per heavy atom. The molecule has 6 heteroatoms. The van der Waals surface area contributed by atoms with Crippen molar-refractivity contribution in [1.82, 2.24) is 19.7 Å². The van der Waals surface area contributed by atoms with Gasteiger partial charge < -0.3 is 14.8 Å². The fourth-order valence-corrected chi connectivity index (χ4v) is 3.81. The molecule has 1 aromatic heterocycles. The first-order valence-electron chi connectivity index (χ1n) is 8.17. The van der Waals surface area contributed by atoms with E-state index in [1.165, 1.54) is 5.56 Å². The first-order valence-corrected chi connectivity index (χ1v) is 8.17. The van der Waals surface area contributed by atoms with E-state index in [2.05, 4.69) is 31.0 Å². The number of amides is 1. The number of carbonyl (C=O) groups is 1. The molecule has 1 fully saturated rings. The highest BCUT2D eigenvalue weighted by atomic mass is 16.2. The molecule has 1 aromatic carbocycles. The number of aromatic nitrogens is 3. The minimum absolute atomic E-state index is 0.174. The monoisotopic (exact) mass is 311 g/mol. The Hall–Kier alpha value is -2.21. The molecule has 4 rings (SSSR count). The number of piperidine rings is 1. The summed E-state index contributed by atoms with van der Waals surface area (Å²) >= 11 is 0. The van der Waals surface area contributed by atoms with Crippen LogP contribution in [0.3, 0.4) is 0 Å². The molecule has 0 radical (unpaired) electrons. The van der Waals surface area contributed by atoms with Crippen LogP contribution in [0.25, 0.3) is 0 Å². The molecule has 0 saturated carbocycles. The number of benzene rings is 1. The van der Waals surface area contributed by atoms with Crippen molar-refractivity contribution < 1.29 is 4.79 Å². The van der Waals surface area contributed by atoms with Gasteiger partial charge in [0.25, 0.3) is 0 Å². The van der Waals surface area contributed by atoms with Gasteiger partial charge in [-0.25, -0.2) is 0 Å². The van der Waals surface area contributed by atoms with Crippen molar-refractivity contribution in [3.63, 3.8) is 0 Å². The summed E-state index contributed by atoms with van der Waals surface area (Å²) in [4.78, 5) is 15.0. The maximum Gasteiger partial charge on any atom is 0.235 e. The summed E-state index contributed by atoms with van der Waals surface area (Å²) in [5, 5.41) is 11.0. The third-order valence-corrected chi connectivity index (χ3v) is 5.30. The molecule has 0 unspecified atom stereocenters. The molecule has 0 aliphatic carbocycles. The summed E-state index contributed by atoms with van der Waals surface area (Å²) in [6, 6.07) is 8.11. The molecule has 1 N–H and O–H groups in total. The van der Waals surface area contributed by atoms with E-state index < -0.39 is 0 Å². The van der Waals surface area contributed by atoms with Gasteiger partial charge in [-0.1, -0.05) is 18.2 Å². The summed E-state index contributed by atoms with van der Waals surface area (Å²) in [7, 11) is 0. The molecule has 0 atom stereocenters. The minimum atomic E-state index is -0.320. The molecule has 23 heavy (non-hydrogen) atoms. The second-order valence-electron chi connectivity index (χ2n) is 6.50. The Balaban J connectivity index is 1.43. The summed E-state index contributed by atoms with van der Waals surface area (Å²) in [5.41, 5.74) is 1.85. The molecule has 1 amide bonds. The molecule has 120 valence electrons. The van der Waals surface area contributed by atoms with Gasteiger partial charge in [0.15, 0.2) is 0 Å². The van der Waals surface area contributed by atoms with Crippen molar-refractivity contribution in [3.05, 3.63) is 42.0 Å². The van der Waals surface area contributed by atoms with E-state index in [1.54, 1.807) is 6.33 Å². The van der Waals surface area contributed by atoms with Crippen LogP contribution in [0.15, 0.2) is 30.6 Å². The second-order valence-corrected chi connectivity index (χ2v) is 6.50. The summed E-state index contributed by atoms with van der Waals surface area (Å²) in [6.07, 6.45) is 3.55. The van der Waals surface area contributed by atoms with Gasteiger partial charge >= 0.3 is 0 Å². The third kappa shape index (κ3) is 2.34. The molecule has 0 bridgehead atoms. The van der Waals surface area contributed by atoms with Crippen LogP contribution < -0.4 is 5.32 Å². The predicted molar refractivity (Wildman–Crippen MR) is 87.2 cm³/mol. The standard InChI is InChI=1S/C17H21N5O/c1-13-20-18-12-22(13)11-10-21-8-6-17(7-9-21)14-4-2-3-5-15(14)19-16(17)23/h2-5,12H,6-11H2,1H3,(H,19,23). The number of fused-ring (bicyclic) bond motifs is 2. The number of anilines is 1. The first-order chi connectivity index (χ1) is 11.2. The SMILES string of the molecule is Cc1nncn1CCN1CCC2(CC1)C(=O)Nc1ccccc12. The average molecular weight is 311 g/mol. The van der Waals surface area contributed by atoms with Crippen molar-refractivity contribution in [3.8, 4) is 0 Å². The lowest BCUT2D eigenvalue weighted by Crippen LogP contribution is -2.47. The Bertz CT molecular complexity index is 730. The van der Waals surface area contributed by atoms with Crippen LogP contribution in [-0.2, 0) is 16.8 Å². The highest BCUT2D eigenvalue weighted by Crippen LogP contribution is 2.44. The minimum Gasteiger partial charge on any atom is -0.325 e. The summed E-state index contributed by atoms with van der Waals surface area (Å²) in [5.74, 6) is 1.12. The van der Waals surface area contributed by atoms with Gasteiger partial charge in [0.2, 0.25) is 5.91 Å². The molecule has 1 spiro atoms. The molecular formula is C17H21N5O. The number of hydrogen-bond donors (Lipinski definition) is 1. The molecule has 2 aliphatic heterocycles. The van der Waals surface area contributed by atoms with Gasteiger partial charge in [-0.05, 0) is 44.5 Å². The van der Waals surface area contributed by atoms with E-state index in [-0.39, 0.29) is 11.3 Å². The molecule has 6 nitrogen and oxygen atoms in total. The second kappa shape index (κ2) is 5.45. The van der Waals surface area contributed by atoms with Crippen molar-refractivity contribution in [2.75, 3.05) is 25.0 Å². The van der Waals surface area contributed by atoms with E-state index in [9.17, 15) is 4.79 Å². The predicted octanol–water partition coefficient (Wildman–Crippen LogP) is 1.57. The topological polar surface area (TPSA) is 63.1 Å². The van der Waals surface area contributed by atoms with Gasteiger partial charge in [-0.3, -0.25) is 4.79 Å². The fourth-order valence-electron chi connectivity index (χ4n) is 3.81. The highest BCUT2D eigenvalue weighted by Gasteiger charge is 2.47. The van der Waals surface area contributed by atoms with Crippen molar-refractivity contribution in [2.24, 2.45) is 0 Å². The Kier molecular flexibility index (Phi) is 3.41. The molecule has 3 heterocycles. The van der Waals surface area contributed by atoms with Gasteiger partial charge in [-0.15, -0.1) is 10.2 Å². The van der Waals surface area contributed by atoms with E-state index in [4.69, 9.17) is 0 Å². The summed E-state index contributed by atoms with van der Waals surface area (Å²) in [6.45, 7) is 5.73. The van der Waals surface area contributed by atoms with Gasteiger partial charge in [0.05, 0.1) is 5.41 Å². The fraction of sp³-hybridized carbons (Fsp3) is 0.471. The largest absolute Gasteiger partial charge is 0.325 e. The third-order valence-electron chi connectivity index (χ3n) is 5.30. The lowest BCUT2D eigenvalue weighted by atomic mass is 9.74. The zero-order valence-corrected chi connectivity index (χ0v) is 13.3. The Morgan fingerprint density at radius 3 is 2.74 bits per heavy atom. The molecular weight excluding hydrogens is 290 g/mol. The van der Waals surface area contributed by atoms with E-state index in [0.29, 0.717) is 0 Å². The van der Waals surface area contributed by atoms with E-state index in [1.807, 2.05) is 25.1 Å². The van der Waals surface area contributed by atoms with Crippen LogP contribution >= 0.6 is 0 Å². The van der Waals surface area contributed by atoms with Crippen LogP contribution in [0.4, 0.5) is 5.69 Å². The number of nitrogens with one attached hydrogen (secondary N) is 1. The highest BCUT2D eigenvalue weighted by molar-refractivity contribution is 6.06. The lowest BCUT2D eigenvalue weighted by molar-refractivity contribution is -0.122. The number of aryl methyl sites for hydroxylation is 1. The van der Waals surface area contributed by atoms with Gasteiger partial charge in [-0.2, -0.15) is 0 Å². The quantitative estimate of drug-likeness (QED) is 0.934. The number of carbonyl (C=O) groups excluding carboxylic acids is 1. The van der Waals surface area contributed by atoms with Crippen LogP contribution in [-0.4, -0.2) is 45.2 Å². The maximum absolute atomic E-state index is 12.6. The van der Waals surface area contributed by atoms with Gasteiger partial charge in [0, 0.05) is 18.8 Å². The molecule has 2 aliphatic rings. The summed E-state index contributed by atoms with van der Waals surface area (Å²) < 4.78 is 2.07. The van der Waals surface area contributed by atoms with Crippen LogP contribution in [0.1, 0.15) is 24.2 Å². The van der Waals surface area contributed by atoms with E-state index in [0.717, 1.165) is 50.5 Å². The van der Waals surface area contributed by atoms with Crippen LogP contribution in [0.5, 0.6) is 0 Å². The number of hydrogen-bond acceptors (Lipinski definition) is 4. The van der Waals surface area contributed by atoms with Crippen molar-refractivity contribution >= 4 is 11.6 Å². The normalized spacial score (nSPS) is 19.8. The van der Waals surface area contributed by atoms with Crippen molar-refractivity contribution in [1.29, 1.82) is 0 Å². The first kappa shape index (κ1) is 14.4. The number of likely N-dealkylation sites (tertiary alicyclic amines) is 1. The smallest absolute Gasteiger partial charge is 0.235 e. The zero-order valence-electron chi connectivity index (χ0n) is 13.3. The van der Waals surface area contributed by atoms with Crippen molar-refractivity contribution in [2.45, 2.75) is 31.7 Å².